The molecule has 0 atom stereocenters. The van der Waals surface area contributed by atoms with Gasteiger partial charge in [0.2, 0.25) is 0 Å². The molecule has 0 spiro atoms. The van der Waals surface area contributed by atoms with Crippen LogP contribution in [0.3, 0.4) is 0 Å². The van der Waals surface area contributed by atoms with Gasteiger partial charge < -0.3 is 10.1 Å². The summed E-state index contributed by atoms with van der Waals surface area (Å²) < 4.78 is 5.54. The lowest BCUT2D eigenvalue weighted by Crippen LogP contribution is -2.14. The highest BCUT2D eigenvalue weighted by atomic mass is 35.5. The maximum absolute atomic E-state index is 12.4. The van der Waals surface area contributed by atoms with Gasteiger partial charge in [0.25, 0.3) is 5.91 Å². The van der Waals surface area contributed by atoms with Gasteiger partial charge in [0.1, 0.15) is 24.0 Å². The van der Waals surface area contributed by atoms with Crippen LogP contribution in [0.2, 0.25) is 5.02 Å². The number of nitrogens with zero attached hydrogens (tertiary/aromatic N) is 1. The summed E-state index contributed by atoms with van der Waals surface area (Å²) in [5.74, 6) is 0.0632. The van der Waals surface area contributed by atoms with Crippen LogP contribution in [0.1, 0.15) is 11.1 Å². The monoisotopic (exact) mass is 352 g/mol. The Morgan fingerprint density at radius 2 is 2.08 bits per heavy atom. The molecular weight excluding hydrogens is 336 g/mol. The number of nitriles is 1. The van der Waals surface area contributed by atoms with E-state index in [1.165, 1.54) is 6.08 Å². The van der Waals surface area contributed by atoms with Crippen LogP contribution >= 0.6 is 11.6 Å². The van der Waals surface area contributed by atoms with Gasteiger partial charge in [-0.1, -0.05) is 48.5 Å². The van der Waals surface area contributed by atoms with Gasteiger partial charge in [-0.25, -0.2) is 0 Å². The van der Waals surface area contributed by atoms with Gasteiger partial charge in [0, 0.05) is 16.3 Å². The van der Waals surface area contributed by atoms with Crippen LogP contribution in [0.5, 0.6) is 5.75 Å². The van der Waals surface area contributed by atoms with E-state index in [0.717, 1.165) is 5.56 Å². The van der Waals surface area contributed by atoms with E-state index in [4.69, 9.17) is 16.3 Å². The van der Waals surface area contributed by atoms with Crippen molar-refractivity contribution < 1.29 is 9.53 Å². The molecule has 0 aromatic heterocycles. The fourth-order valence-corrected chi connectivity index (χ4v) is 2.29. The van der Waals surface area contributed by atoms with Crippen molar-refractivity contribution in [3.63, 3.8) is 0 Å². The SMILES string of the molecule is C=CCOc1ccccc1/C=C(\C#N)C(=O)Nc1cccc(Cl)c1C. The minimum absolute atomic E-state index is 0.0333. The molecule has 1 amide bonds. The number of carbonyl (C=O) groups excluding carboxylic acids is 1. The molecule has 0 fully saturated rings. The molecule has 0 unspecified atom stereocenters. The second kappa shape index (κ2) is 8.72. The minimum atomic E-state index is -0.508. The number of carbonyl (C=O) groups is 1. The number of hydrogen-bond donors (Lipinski definition) is 1. The Balaban J connectivity index is 2.29. The molecule has 0 aliphatic carbocycles. The number of benzene rings is 2. The van der Waals surface area contributed by atoms with Crippen molar-refractivity contribution in [1.29, 1.82) is 5.26 Å². The van der Waals surface area contributed by atoms with Crippen LogP contribution in [0.25, 0.3) is 6.08 Å². The van der Waals surface area contributed by atoms with Crippen molar-refractivity contribution >= 4 is 29.3 Å². The van der Waals surface area contributed by atoms with Gasteiger partial charge in [-0.05, 0) is 36.8 Å². The van der Waals surface area contributed by atoms with Crippen molar-refractivity contribution in [2.24, 2.45) is 0 Å². The summed E-state index contributed by atoms with van der Waals surface area (Å²) in [6, 6.07) is 14.3. The number of ether oxygens (including phenoxy) is 1. The number of halogens is 1. The molecule has 1 N–H and O–H groups in total. The van der Waals surface area contributed by atoms with Crippen LogP contribution in [-0.4, -0.2) is 12.5 Å². The smallest absolute Gasteiger partial charge is 0.266 e. The van der Waals surface area contributed by atoms with Gasteiger partial charge >= 0.3 is 0 Å². The summed E-state index contributed by atoms with van der Waals surface area (Å²) >= 11 is 6.05. The lowest BCUT2D eigenvalue weighted by molar-refractivity contribution is -0.112. The van der Waals surface area contributed by atoms with Crippen molar-refractivity contribution in [3.05, 3.63) is 76.8 Å². The fraction of sp³-hybridized carbons (Fsp3) is 0.100. The van der Waals surface area contributed by atoms with Crippen LogP contribution < -0.4 is 10.1 Å². The van der Waals surface area contributed by atoms with E-state index in [1.54, 1.807) is 49.4 Å². The quantitative estimate of drug-likeness (QED) is 0.463. The zero-order valence-electron chi connectivity index (χ0n) is 13.8. The molecule has 0 heterocycles. The van der Waals surface area contributed by atoms with Gasteiger partial charge in [-0.3, -0.25) is 4.79 Å². The maximum Gasteiger partial charge on any atom is 0.266 e. The molecule has 2 aromatic carbocycles. The Labute approximate surface area is 152 Å². The third kappa shape index (κ3) is 4.72. The predicted molar refractivity (Wildman–Crippen MR) is 101 cm³/mol. The summed E-state index contributed by atoms with van der Waals surface area (Å²) in [5.41, 5.74) is 1.91. The molecule has 2 rings (SSSR count). The first kappa shape index (κ1) is 18.3. The number of anilines is 1. The standard InChI is InChI=1S/C20H17ClN2O2/c1-3-11-25-19-10-5-4-7-15(19)12-16(13-22)20(24)23-18-9-6-8-17(21)14(18)2/h3-10,12H,1,11H2,2H3,(H,23,24)/b16-12+. The summed E-state index contributed by atoms with van der Waals surface area (Å²) in [7, 11) is 0. The first-order valence-electron chi connectivity index (χ1n) is 7.57. The molecule has 0 saturated carbocycles. The molecule has 126 valence electrons. The summed E-state index contributed by atoms with van der Waals surface area (Å²) in [6.07, 6.45) is 3.12. The Hall–Kier alpha value is -3.03. The Morgan fingerprint density at radius 1 is 1.32 bits per heavy atom. The predicted octanol–water partition coefficient (Wildman–Crippen LogP) is 4.76. The van der Waals surface area contributed by atoms with Gasteiger partial charge in [0.05, 0.1) is 0 Å². The summed E-state index contributed by atoms with van der Waals surface area (Å²) in [6.45, 7) is 5.74. The first-order valence-corrected chi connectivity index (χ1v) is 7.95. The largest absolute Gasteiger partial charge is 0.489 e. The highest BCUT2D eigenvalue weighted by Gasteiger charge is 2.13. The summed E-state index contributed by atoms with van der Waals surface area (Å²) in [5, 5.41) is 12.6. The topological polar surface area (TPSA) is 62.1 Å². The minimum Gasteiger partial charge on any atom is -0.489 e. The zero-order chi connectivity index (χ0) is 18.2. The van der Waals surface area contributed by atoms with Crippen LogP contribution in [0, 0.1) is 18.3 Å². The van der Waals surface area contributed by atoms with E-state index in [0.29, 0.717) is 28.6 Å². The number of para-hydroxylation sites is 1. The highest BCUT2D eigenvalue weighted by Crippen LogP contribution is 2.24. The molecule has 0 aliphatic rings. The molecule has 2 aromatic rings. The average Bonchev–Trinajstić information content (AvgIpc) is 2.62. The van der Waals surface area contributed by atoms with Gasteiger partial charge in [-0.15, -0.1) is 0 Å². The van der Waals surface area contributed by atoms with E-state index in [1.807, 2.05) is 12.1 Å². The van der Waals surface area contributed by atoms with Crippen molar-refractivity contribution in [3.8, 4) is 11.8 Å². The zero-order valence-corrected chi connectivity index (χ0v) is 14.5. The molecule has 5 heteroatoms. The Kier molecular flexibility index (Phi) is 6.39. The summed E-state index contributed by atoms with van der Waals surface area (Å²) in [4.78, 5) is 12.4. The van der Waals surface area contributed by atoms with E-state index in [9.17, 15) is 10.1 Å². The fourth-order valence-electron chi connectivity index (χ4n) is 2.12. The third-order valence-electron chi connectivity index (χ3n) is 3.46. The molecule has 0 bridgehead atoms. The van der Waals surface area contributed by atoms with Crippen LogP contribution in [0.15, 0.2) is 60.7 Å². The molecule has 4 nitrogen and oxygen atoms in total. The van der Waals surface area contributed by atoms with E-state index in [2.05, 4.69) is 11.9 Å². The van der Waals surface area contributed by atoms with E-state index >= 15 is 0 Å². The van der Waals surface area contributed by atoms with E-state index in [-0.39, 0.29) is 5.57 Å². The molecule has 25 heavy (non-hydrogen) atoms. The molecular formula is C20H17ClN2O2. The Morgan fingerprint density at radius 3 is 2.80 bits per heavy atom. The Bertz CT molecular complexity index is 866. The molecule has 0 saturated heterocycles. The van der Waals surface area contributed by atoms with Crippen molar-refractivity contribution in [2.45, 2.75) is 6.92 Å². The maximum atomic E-state index is 12.4. The number of nitrogens with one attached hydrogen (secondary N) is 1. The van der Waals surface area contributed by atoms with E-state index < -0.39 is 5.91 Å². The molecule has 0 radical (unpaired) electrons. The lowest BCUT2D eigenvalue weighted by atomic mass is 10.1. The number of amides is 1. The van der Waals surface area contributed by atoms with Crippen LogP contribution in [0.4, 0.5) is 5.69 Å². The second-order valence-corrected chi connectivity index (χ2v) is 5.58. The van der Waals surface area contributed by atoms with Crippen molar-refractivity contribution in [1.82, 2.24) is 0 Å². The van der Waals surface area contributed by atoms with Gasteiger partial charge in [0.15, 0.2) is 0 Å². The van der Waals surface area contributed by atoms with Gasteiger partial charge in [-0.2, -0.15) is 5.26 Å². The second-order valence-electron chi connectivity index (χ2n) is 5.17. The normalized spacial score (nSPS) is 10.7. The first-order chi connectivity index (χ1) is 12.1. The molecule has 0 aliphatic heterocycles. The average molecular weight is 353 g/mol. The highest BCUT2D eigenvalue weighted by molar-refractivity contribution is 6.31. The number of hydrogen-bond acceptors (Lipinski definition) is 3. The lowest BCUT2D eigenvalue weighted by Gasteiger charge is -2.10. The number of rotatable bonds is 6. The van der Waals surface area contributed by atoms with Crippen molar-refractivity contribution in [2.75, 3.05) is 11.9 Å². The van der Waals surface area contributed by atoms with Crippen LogP contribution in [-0.2, 0) is 4.79 Å². The third-order valence-corrected chi connectivity index (χ3v) is 3.87.